The molecule has 0 bridgehead atoms. The van der Waals surface area contributed by atoms with Crippen LogP contribution in [0.5, 0.6) is 0 Å². The minimum absolute atomic E-state index is 0.674. The van der Waals surface area contributed by atoms with Gasteiger partial charge in [-0.3, -0.25) is 0 Å². The van der Waals surface area contributed by atoms with Crippen LogP contribution in [0.25, 0.3) is 0 Å². The molecule has 80 valence electrons. The molecule has 0 saturated heterocycles. The number of rotatable bonds is 4. The van der Waals surface area contributed by atoms with Crippen molar-refractivity contribution >= 4 is 7.59 Å². The summed E-state index contributed by atoms with van der Waals surface area (Å²) in [7, 11) is -3.87. The Hall–Kier alpha value is -0.230. The fraction of sp³-hybridized carbons (Fsp3) is 0.600. The SMILES string of the molecule is COP(F)(OC)(OC)C(F)=C(F)F. The van der Waals surface area contributed by atoms with Crippen molar-refractivity contribution in [3.8, 4) is 0 Å². The van der Waals surface area contributed by atoms with Gasteiger partial charge in [0.05, 0.1) is 0 Å². The second-order valence-corrected chi connectivity index (χ2v) is 4.95. The molecule has 0 saturated carbocycles. The summed E-state index contributed by atoms with van der Waals surface area (Å²) >= 11 is 0. The first-order valence-electron chi connectivity index (χ1n) is 2.98. The molecule has 0 rings (SSSR count). The van der Waals surface area contributed by atoms with Crippen LogP contribution in [0.4, 0.5) is 17.4 Å². The summed E-state index contributed by atoms with van der Waals surface area (Å²) < 4.78 is 61.7. The molecule has 0 aromatic rings. The first kappa shape index (κ1) is 12.8. The van der Waals surface area contributed by atoms with Crippen LogP contribution in [0.15, 0.2) is 11.6 Å². The summed E-state index contributed by atoms with van der Waals surface area (Å²) in [5.41, 5.74) is -2.45. The van der Waals surface area contributed by atoms with Crippen LogP contribution >= 0.6 is 7.59 Å². The third-order valence-corrected chi connectivity index (χ3v) is 4.05. The molecule has 0 unspecified atom stereocenters. The summed E-state index contributed by atoms with van der Waals surface area (Å²) in [5.74, 6) is 0. The minimum atomic E-state index is -5.89. The summed E-state index contributed by atoms with van der Waals surface area (Å²) in [6, 6.07) is 0. The van der Waals surface area contributed by atoms with E-state index in [2.05, 4.69) is 13.6 Å². The third-order valence-electron chi connectivity index (χ3n) is 1.40. The van der Waals surface area contributed by atoms with Gasteiger partial charge in [0.15, 0.2) is 0 Å². The molecule has 0 aliphatic carbocycles. The van der Waals surface area contributed by atoms with Gasteiger partial charge in [-0.05, 0) is 0 Å². The zero-order chi connectivity index (χ0) is 10.7. The van der Waals surface area contributed by atoms with Gasteiger partial charge < -0.3 is 0 Å². The Balaban J connectivity index is 5.37. The fourth-order valence-corrected chi connectivity index (χ4v) is 1.80. The van der Waals surface area contributed by atoms with E-state index in [1.807, 2.05) is 0 Å². The fourth-order valence-electron chi connectivity index (χ4n) is 0.600. The van der Waals surface area contributed by atoms with E-state index in [9.17, 15) is 17.4 Å². The van der Waals surface area contributed by atoms with Gasteiger partial charge in [0.1, 0.15) is 0 Å². The summed E-state index contributed by atoms with van der Waals surface area (Å²) in [5, 5.41) is 0. The average Bonchev–Trinajstić information content (AvgIpc) is 2.16. The molecular formula is C5H9F4O3P. The monoisotopic (exact) mass is 224 g/mol. The van der Waals surface area contributed by atoms with Gasteiger partial charge in [-0.15, -0.1) is 0 Å². The summed E-state index contributed by atoms with van der Waals surface area (Å²) in [6.07, 6.45) is -2.87. The van der Waals surface area contributed by atoms with Crippen LogP contribution in [0.1, 0.15) is 0 Å². The van der Waals surface area contributed by atoms with Gasteiger partial charge in [0, 0.05) is 0 Å². The van der Waals surface area contributed by atoms with Crippen molar-refractivity contribution in [2.24, 2.45) is 0 Å². The van der Waals surface area contributed by atoms with E-state index < -0.39 is 19.2 Å². The first-order valence-corrected chi connectivity index (χ1v) is 4.86. The van der Waals surface area contributed by atoms with Crippen LogP contribution in [0.2, 0.25) is 0 Å². The van der Waals surface area contributed by atoms with E-state index in [0.29, 0.717) is 21.3 Å². The van der Waals surface area contributed by atoms with Crippen molar-refractivity contribution < 1.29 is 30.9 Å². The quantitative estimate of drug-likeness (QED) is 0.542. The molecule has 8 heteroatoms. The van der Waals surface area contributed by atoms with E-state index in [1.54, 1.807) is 0 Å². The van der Waals surface area contributed by atoms with E-state index in [-0.39, 0.29) is 0 Å². The van der Waals surface area contributed by atoms with Crippen LogP contribution in [-0.2, 0) is 13.6 Å². The Morgan fingerprint density at radius 3 is 1.31 bits per heavy atom. The van der Waals surface area contributed by atoms with Crippen molar-refractivity contribution in [3.63, 3.8) is 0 Å². The van der Waals surface area contributed by atoms with Gasteiger partial charge in [-0.1, -0.05) is 0 Å². The molecule has 0 amide bonds. The molecule has 13 heavy (non-hydrogen) atoms. The van der Waals surface area contributed by atoms with Crippen LogP contribution in [0.3, 0.4) is 0 Å². The summed E-state index contributed by atoms with van der Waals surface area (Å²) in [6.45, 7) is 0. The standard InChI is InChI=1S/C5H9F4O3P/c1-10-13(9,11-2,12-3)5(8)4(6)7/h1-3H3. The van der Waals surface area contributed by atoms with E-state index in [0.717, 1.165) is 0 Å². The zero-order valence-electron chi connectivity index (χ0n) is 7.18. The molecule has 0 aliphatic rings. The van der Waals surface area contributed by atoms with Crippen LogP contribution in [0, 0.1) is 0 Å². The Morgan fingerprint density at radius 1 is 0.923 bits per heavy atom. The third kappa shape index (κ3) is 1.99. The molecule has 0 aliphatic heterocycles. The average molecular weight is 224 g/mol. The molecule has 0 aromatic carbocycles. The molecule has 0 atom stereocenters. The van der Waals surface area contributed by atoms with Gasteiger partial charge in [0.2, 0.25) is 0 Å². The number of hydrogen-bond donors (Lipinski definition) is 0. The predicted octanol–water partition coefficient (Wildman–Crippen LogP) is 3.14. The molecule has 0 spiro atoms. The zero-order valence-corrected chi connectivity index (χ0v) is 8.08. The second-order valence-electron chi connectivity index (χ2n) is 1.89. The van der Waals surface area contributed by atoms with Gasteiger partial charge in [-0.2, -0.15) is 0 Å². The van der Waals surface area contributed by atoms with Crippen molar-refractivity contribution in [1.82, 2.24) is 0 Å². The molecule has 0 heterocycles. The van der Waals surface area contributed by atoms with Crippen LogP contribution in [-0.4, -0.2) is 21.3 Å². The molecule has 3 nitrogen and oxygen atoms in total. The van der Waals surface area contributed by atoms with Crippen molar-refractivity contribution in [2.45, 2.75) is 0 Å². The van der Waals surface area contributed by atoms with E-state index in [1.165, 1.54) is 0 Å². The van der Waals surface area contributed by atoms with Gasteiger partial charge in [0.25, 0.3) is 0 Å². The molecular weight excluding hydrogens is 215 g/mol. The van der Waals surface area contributed by atoms with Gasteiger partial charge in [-0.25, -0.2) is 0 Å². The molecule has 0 N–H and O–H groups in total. The first-order chi connectivity index (χ1) is 5.84. The number of halogens is 4. The van der Waals surface area contributed by atoms with Crippen molar-refractivity contribution in [2.75, 3.05) is 21.3 Å². The van der Waals surface area contributed by atoms with Crippen LogP contribution < -0.4 is 0 Å². The Kier molecular flexibility index (Phi) is 3.81. The maximum absolute atomic E-state index is 13.6. The topological polar surface area (TPSA) is 27.7 Å². The van der Waals surface area contributed by atoms with Gasteiger partial charge >= 0.3 is 71.5 Å². The molecule has 0 aromatic heterocycles. The Labute approximate surface area is 72.6 Å². The Morgan fingerprint density at radius 2 is 1.23 bits per heavy atom. The normalized spacial score (nSPS) is 14.8. The van der Waals surface area contributed by atoms with E-state index in [4.69, 9.17) is 0 Å². The maximum atomic E-state index is 13.6. The van der Waals surface area contributed by atoms with Crippen molar-refractivity contribution in [3.05, 3.63) is 11.6 Å². The molecule has 0 fully saturated rings. The second kappa shape index (κ2) is 3.88. The Bertz CT molecular complexity index is 213. The molecule has 0 radical (unpaired) electrons. The number of hydrogen-bond acceptors (Lipinski definition) is 3. The predicted molar refractivity (Wildman–Crippen MR) is 39.4 cm³/mol. The van der Waals surface area contributed by atoms with E-state index >= 15 is 0 Å². The summed E-state index contributed by atoms with van der Waals surface area (Å²) in [4.78, 5) is 0. The van der Waals surface area contributed by atoms with Crippen molar-refractivity contribution in [1.29, 1.82) is 0 Å².